The zero-order valence-electron chi connectivity index (χ0n) is 19.0. The van der Waals surface area contributed by atoms with E-state index < -0.39 is 28.1 Å². The summed E-state index contributed by atoms with van der Waals surface area (Å²) in [7, 11) is -0.198. The standard InChI is InChI=1S/C21H29F3N4O2S2/c1-11(2)14-8-17(20(23)24)26-19(12(3)4)15(14)9-18(29)27-32(25,30)21-16(22)7-13(31-21)10-28(5)6/h7-8,11-12,20H,9-10H2,1-6H3,(H2,25,27,29,30). The maximum absolute atomic E-state index is 14.4. The quantitative estimate of drug-likeness (QED) is 0.564. The highest BCUT2D eigenvalue weighted by Gasteiger charge is 2.24. The van der Waals surface area contributed by atoms with E-state index in [2.05, 4.69) is 9.35 Å². The fraction of sp³-hybridized carbons (Fsp3) is 0.524. The van der Waals surface area contributed by atoms with E-state index in [-0.39, 0.29) is 28.2 Å². The summed E-state index contributed by atoms with van der Waals surface area (Å²) in [6, 6.07) is 2.52. The Morgan fingerprint density at radius 1 is 1.22 bits per heavy atom. The lowest BCUT2D eigenvalue weighted by Crippen LogP contribution is -2.17. The smallest absolute Gasteiger partial charge is 0.280 e. The molecule has 32 heavy (non-hydrogen) atoms. The first-order valence-electron chi connectivity index (χ1n) is 10.0. The molecule has 2 aromatic heterocycles. The van der Waals surface area contributed by atoms with Crippen molar-refractivity contribution < 1.29 is 22.2 Å². The van der Waals surface area contributed by atoms with Gasteiger partial charge in [0.15, 0.2) is 19.9 Å². The van der Waals surface area contributed by atoms with E-state index >= 15 is 0 Å². The Bertz CT molecular complexity index is 1080. The van der Waals surface area contributed by atoms with Gasteiger partial charge in [0.05, 0.1) is 6.42 Å². The third kappa shape index (κ3) is 6.37. The van der Waals surface area contributed by atoms with Crippen LogP contribution in [0.2, 0.25) is 0 Å². The normalized spacial score (nSPS) is 13.9. The van der Waals surface area contributed by atoms with Crippen LogP contribution in [0, 0.1) is 5.82 Å². The largest absolute Gasteiger partial charge is 0.304 e. The molecule has 0 spiro atoms. The van der Waals surface area contributed by atoms with Crippen LogP contribution in [0.3, 0.4) is 0 Å². The molecule has 0 radical (unpaired) electrons. The Balaban J connectivity index is 2.49. The fourth-order valence-electron chi connectivity index (χ4n) is 3.29. The van der Waals surface area contributed by atoms with Crippen LogP contribution in [0.1, 0.15) is 73.3 Å². The summed E-state index contributed by atoms with van der Waals surface area (Å²) in [6.45, 7) is 7.62. The van der Waals surface area contributed by atoms with Gasteiger partial charge in [0, 0.05) is 17.1 Å². The van der Waals surface area contributed by atoms with Crippen LogP contribution < -0.4 is 5.14 Å². The first-order chi connectivity index (χ1) is 14.7. The Labute approximate surface area is 191 Å². The predicted octanol–water partition coefficient (Wildman–Crippen LogP) is 5.00. The number of nitrogens with zero attached hydrogens (tertiary/aromatic N) is 3. The number of alkyl halides is 2. The van der Waals surface area contributed by atoms with E-state index in [1.165, 1.54) is 12.1 Å². The highest BCUT2D eigenvalue weighted by molar-refractivity contribution is 7.93. The third-order valence-corrected chi connectivity index (χ3v) is 7.67. The van der Waals surface area contributed by atoms with Gasteiger partial charge in [-0.25, -0.2) is 22.5 Å². The molecule has 2 N–H and O–H groups in total. The molecular formula is C21H29F3N4O2S2. The molecule has 2 aromatic rings. The number of carbonyl (C=O) groups excluding carboxylic acids is 1. The molecule has 0 aliphatic heterocycles. The van der Waals surface area contributed by atoms with Crippen LogP contribution in [-0.2, 0) is 27.7 Å². The number of carbonyl (C=O) groups is 1. The second-order valence-corrected chi connectivity index (χ2v) is 11.5. The number of nitrogens with two attached hydrogens (primary N) is 1. The van der Waals surface area contributed by atoms with Gasteiger partial charge in [-0.3, -0.25) is 9.78 Å². The molecule has 1 unspecified atom stereocenters. The average Bonchev–Trinajstić information content (AvgIpc) is 3.00. The van der Waals surface area contributed by atoms with E-state index in [9.17, 15) is 22.2 Å². The lowest BCUT2D eigenvalue weighted by Gasteiger charge is -2.19. The molecule has 0 bridgehead atoms. The Morgan fingerprint density at radius 2 is 1.84 bits per heavy atom. The molecule has 0 fully saturated rings. The topological polar surface area (TPSA) is 88.6 Å². The summed E-state index contributed by atoms with van der Waals surface area (Å²) in [6.07, 6.45) is -3.07. The van der Waals surface area contributed by atoms with E-state index in [1.54, 1.807) is 27.9 Å². The SMILES string of the molecule is CC(C)c1cc(C(F)F)nc(C(C)C)c1CC(=O)N=S(N)(=O)c1sc(CN(C)C)cc1F. The first-order valence-corrected chi connectivity index (χ1v) is 12.4. The molecule has 11 heteroatoms. The van der Waals surface area contributed by atoms with Crippen LogP contribution >= 0.6 is 11.3 Å². The average molecular weight is 491 g/mol. The van der Waals surface area contributed by atoms with Crippen LogP contribution in [0.25, 0.3) is 0 Å². The van der Waals surface area contributed by atoms with Crippen molar-refractivity contribution in [1.82, 2.24) is 9.88 Å². The maximum Gasteiger partial charge on any atom is 0.280 e. The van der Waals surface area contributed by atoms with Crippen molar-refractivity contribution in [2.75, 3.05) is 14.1 Å². The number of rotatable bonds is 8. The molecule has 0 aromatic carbocycles. The van der Waals surface area contributed by atoms with E-state index in [1.807, 2.05) is 18.7 Å². The molecule has 0 aliphatic rings. The van der Waals surface area contributed by atoms with Crippen molar-refractivity contribution in [2.45, 2.75) is 63.1 Å². The summed E-state index contributed by atoms with van der Waals surface area (Å²) in [5.74, 6) is -2.00. The zero-order valence-corrected chi connectivity index (χ0v) is 20.6. The monoisotopic (exact) mass is 490 g/mol. The molecule has 0 saturated heterocycles. The van der Waals surface area contributed by atoms with Gasteiger partial charge >= 0.3 is 0 Å². The van der Waals surface area contributed by atoms with Gasteiger partial charge in [-0.05, 0) is 49.2 Å². The van der Waals surface area contributed by atoms with Crippen molar-refractivity contribution in [3.8, 4) is 0 Å². The zero-order chi connectivity index (χ0) is 24.4. The molecule has 1 atom stereocenters. The minimum absolute atomic E-state index is 0.165. The lowest BCUT2D eigenvalue weighted by atomic mass is 9.90. The van der Waals surface area contributed by atoms with Crippen molar-refractivity contribution in [3.63, 3.8) is 0 Å². The van der Waals surface area contributed by atoms with Gasteiger partial charge in [-0.1, -0.05) is 27.7 Å². The summed E-state index contributed by atoms with van der Waals surface area (Å²) >= 11 is 0.906. The van der Waals surface area contributed by atoms with Gasteiger partial charge < -0.3 is 4.90 Å². The van der Waals surface area contributed by atoms with Crippen molar-refractivity contribution >= 4 is 27.2 Å². The number of hydrogen-bond acceptors (Lipinski definition) is 5. The van der Waals surface area contributed by atoms with E-state index in [0.717, 1.165) is 11.3 Å². The van der Waals surface area contributed by atoms with Crippen molar-refractivity contribution in [3.05, 3.63) is 45.3 Å². The molecule has 6 nitrogen and oxygen atoms in total. The molecule has 2 rings (SSSR count). The van der Waals surface area contributed by atoms with Gasteiger partial charge in [0.2, 0.25) is 0 Å². The van der Waals surface area contributed by atoms with E-state index in [0.29, 0.717) is 28.2 Å². The van der Waals surface area contributed by atoms with Crippen LogP contribution in [-0.4, -0.2) is 34.1 Å². The lowest BCUT2D eigenvalue weighted by molar-refractivity contribution is -0.117. The number of thiophene rings is 1. The minimum atomic E-state index is -3.80. The Morgan fingerprint density at radius 3 is 2.34 bits per heavy atom. The summed E-state index contributed by atoms with van der Waals surface area (Å²) in [5.41, 5.74) is 1.00. The molecule has 2 heterocycles. The van der Waals surface area contributed by atoms with E-state index in [4.69, 9.17) is 5.14 Å². The molecular weight excluding hydrogens is 461 g/mol. The van der Waals surface area contributed by atoms with Gasteiger partial charge in [-0.2, -0.15) is 0 Å². The number of aromatic nitrogens is 1. The molecule has 0 saturated carbocycles. The number of hydrogen-bond donors (Lipinski definition) is 1. The molecule has 0 aliphatic carbocycles. The van der Waals surface area contributed by atoms with Gasteiger partial charge in [0.25, 0.3) is 12.3 Å². The van der Waals surface area contributed by atoms with Crippen LogP contribution in [0.4, 0.5) is 13.2 Å². The number of halogens is 3. The Hall–Kier alpha value is -1.82. The predicted molar refractivity (Wildman–Crippen MR) is 121 cm³/mol. The van der Waals surface area contributed by atoms with Crippen LogP contribution in [0.15, 0.2) is 20.7 Å². The number of pyridine rings is 1. The highest BCUT2D eigenvalue weighted by Crippen LogP contribution is 2.32. The summed E-state index contributed by atoms with van der Waals surface area (Å²) in [5, 5.41) is 5.78. The highest BCUT2D eigenvalue weighted by atomic mass is 32.2. The first kappa shape index (κ1) is 26.4. The minimum Gasteiger partial charge on any atom is -0.304 e. The van der Waals surface area contributed by atoms with Gasteiger partial charge in [-0.15, -0.1) is 15.7 Å². The summed E-state index contributed by atoms with van der Waals surface area (Å²) < 4.78 is 57.3. The second kappa shape index (κ2) is 10.4. The van der Waals surface area contributed by atoms with Gasteiger partial charge in [0.1, 0.15) is 5.69 Å². The fourth-order valence-corrected chi connectivity index (χ4v) is 5.87. The van der Waals surface area contributed by atoms with Crippen molar-refractivity contribution in [1.29, 1.82) is 0 Å². The second-order valence-electron chi connectivity index (χ2n) is 8.43. The third-order valence-electron chi connectivity index (χ3n) is 4.61. The molecule has 1 amide bonds. The number of amides is 1. The maximum atomic E-state index is 14.4. The van der Waals surface area contributed by atoms with Crippen LogP contribution in [0.5, 0.6) is 0 Å². The Kier molecular flexibility index (Phi) is 8.60. The summed E-state index contributed by atoms with van der Waals surface area (Å²) in [4.78, 5) is 19.2. The molecule has 178 valence electrons. The van der Waals surface area contributed by atoms with Crippen molar-refractivity contribution in [2.24, 2.45) is 9.50 Å².